The summed E-state index contributed by atoms with van der Waals surface area (Å²) in [5.41, 5.74) is 2.49. The van der Waals surface area contributed by atoms with Gasteiger partial charge >= 0.3 is 5.97 Å². The summed E-state index contributed by atoms with van der Waals surface area (Å²) in [5.74, 6) is -0.673. The van der Waals surface area contributed by atoms with Crippen molar-refractivity contribution in [1.29, 1.82) is 0 Å². The monoisotopic (exact) mass is 320 g/mol. The van der Waals surface area contributed by atoms with Crippen LogP contribution in [0.15, 0.2) is 18.2 Å². The number of esters is 1. The number of halogens is 1. The van der Waals surface area contributed by atoms with Crippen molar-refractivity contribution < 1.29 is 18.7 Å². The molecule has 0 bridgehead atoms. The Morgan fingerprint density at radius 3 is 2.78 bits per heavy atom. The van der Waals surface area contributed by atoms with Crippen molar-refractivity contribution in [3.05, 3.63) is 35.3 Å². The van der Waals surface area contributed by atoms with Crippen molar-refractivity contribution >= 4 is 22.8 Å². The number of H-pyrrole nitrogens is 1. The van der Waals surface area contributed by atoms with Crippen LogP contribution in [0.3, 0.4) is 0 Å². The summed E-state index contributed by atoms with van der Waals surface area (Å²) in [6.07, 6.45) is 1.03. The highest BCUT2D eigenvalue weighted by Crippen LogP contribution is 2.24. The normalized spacial score (nSPS) is 10.8. The Bertz CT molecular complexity index is 724. The first kappa shape index (κ1) is 17.0. The van der Waals surface area contributed by atoms with Crippen LogP contribution in [0, 0.1) is 12.7 Å². The molecule has 5 nitrogen and oxygen atoms in total. The maximum atomic E-state index is 13.4. The standard InChI is InChI=1S/C17H21FN2O3/c1-11-13(14-9-12(18)6-7-15(14)19-11)10-16(21)20(2)8-4-5-17(22)23-3/h6-7,9,19H,4-5,8,10H2,1-3H3. The van der Waals surface area contributed by atoms with Gasteiger partial charge in [-0.05, 0) is 37.1 Å². The number of likely N-dealkylation sites (N-methyl/N-ethyl adjacent to an activating group) is 1. The quantitative estimate of drug-likeness (QED) is 0.832. The maximum Gasteiger partial charge on any atom is 0.305 e. The Labute approximate surface area is 134 Å². The minimum absolute atomic E-state index is 0.0665. The van der Waals surface area contributed by atoms with Crippen LogP contribution >= 0.6 is 0 Å². The van der Waals surface area contributed by atoms with Crippen LogP contribution in [0.5, 0.6) is 0 Å². The summed E-state index contributed by atoms with van der Waals surface area (Å²) in [4.78, 5) is 28.2. The summed E-state index contributed by atoms with van der Waals surface area (Å²) < 4.78 is 18.0. The summed E-state index contributed by atoms with van der Waals surface area (Å²) >= 11 is 0. The molecule has 1 heterocycles. The van der Waals surface area contributed by atoms with E-state index in [4.69, 9.17) is 0 Å². The van der Waals surface area contributed by atoms with Crippen molar-refractivity contribution in [3.63, 3.8) is 0 Å². The zero-order valence-corrected chi connectivity index (χ0v) is 13.6. The van der Waals surface area contributed by atoms with Crippen LogP contribution in [0.4, 0.5) is 4.39 Å². The van der Waals surface area contributed by atoms with Gasteiger partial charge in [-0.2, -0.15) is 0 Å². The lowest BCUT2D eigenvalue weighted by Gasteiger charge is -2.17. The third kappa shape index (κ3) is 4.09. The SMILES string of the molecule is COC(=O)CCCN(C)C(=O)Cc1c(C)[nH]c2ccc(F)cc12. The van der Waals surface area contributed by atoms with E-state index < -0.39 is 0 Å². The molecule has 1 aromatic carbocycles. The number of rotatable bonds is 6. The molecule has 2 rings (SSSR count). The van der Waals surface area contributed by atoms with E-state index in [1.165, 1.54) is 19.2 Å². The van der Waals surface area contributed by atoms with Gasteiger partial charge in [-0.1, -0.05) is 0 Å². The van der Waals surface area contributed by atoms with Crippen molar-refractivity contribution in [2.45, 2.75) is 26.2 Å². The zero-order chi connectivity index (χ0) is 17.0. The molecule has 0 aliphatic rings. The largest absolute Gasteiger partial charge is 0.469 e. The van der Waals surface area contributed by atoms with E-state index in [0.29, 0.717) is 13.0 Å². The topological polar surface area (TPSA) is 62.4 Å². The van der Waals surface area contributed by atoms with E-state index in [2.05, 4.69) is 9.72 Å². The Hall–Kier alpha value is -2.37. The van der Waals surface area contributed by atoms with Gasteiger partial charge in [0.25, 0.3) is 0 Å². The fraction of sp³-hybridized carbons (Fsp3) is 0.412. The van der Waals surface area contributed by atoms with Gasteiger partial charge in [0.05, 0.1) is 13.5 Å². The van der Waals surface area contributed by atoms with Crippen LogP contribution in [0.1, 0.15) is 24.1 Å². The molecule has 0 saturated heterocycles. The van der Waals surface area contributed by atoms with E-state index >= 15 is 0 Å². The van der Waals surface area contributed by atoms with Crippen LogP contribution < -0.4 is 0 Å². The van der Waals surface area contributed by atoms with Crippen LogP contribution in [0.2, 0.25) is 0 Å². The Balaban J connectivity index is 2.03. The van der Waals surface area contributed by atoms with Gasteiger partial charge in [-0.15, -0.1) is 0 Å². The molecule has 124 valence electrons. The number of nitrogens with zero attached hydrogens (tertiary/aromatic N) is 1. The smallest absolute Gasteiger partial charge is 0.305 e. The Morgan fingerprint density at radius 1 is 1.35 bits per heavy atom. The van der Waals surface area contributed by atoms with Gasteiger partial charge in [0.15, 0.2) is 0 Å². The molecule has 0 atom stereocenters. The predicted octanol–water partition coefficient (Wildman–Crippen LogP) is 2.57. The van der Waals surface area contributed by atoms with E-state index in [-0.39, 0.29) is 30.5 Å². The van der Waals surface area contributed by atoms with Gasteiger partial charge < -0.3 is 14.6 Å². The highest BCUT2D eigenvalue weighted by atomic mass is 19.1. The Morgan fingerprint density at radius 2 is 2.09 bits per heavy atom. The van der Waals surface area contributed by atoms with Crippen molar-refractivity contribution in [2.24, 2.45) is 0 Å². The number of fused-ring (bicyclic) bond motifs is 1. The molecule has 0 unspecified atom stereocenters. The van der Waals surface area contributed by atoms with E-state index in [1.807, 2.05) is 6.92 Å². The highest BCUT2D eigenvalue weighted by Gasteiger charge is 2.16. The summed E-state index contributed by atoms with van der Waals surface area (Å²) in [7, 11) is 3.04. The molecule has 0 aliphatic carbocycles. The molecular formula is C17H21FN2O3. The molecule has 0 radical (unpaired) electrons. The van der Waals surface area contributed by atoms with Gasteiger partial charge in [-0.3, -0.25) is 9.59 Å². The Kier molecular flexibility index (Phi) is 5.36. The number of hydrogen-bond acceptors (Lipinski definition) is 3. The number of carbonyl (C=O) groups excluding carboxylic acids is 2. The number of carbonyl (C=O) groups is 2. The highest BCUT2D eigenvalue weighted by molar-refractivity contribution is 5.90. The lowest BCUT2D eigenvalue weighted by atomic mass is 10.1. The average Bonchev–Trinajstić information content (AvgIpc) is 2.82. The summed E-state index contributed by atoms with van der Waals surface area (Å²) in [5, 5.41) is 0.735. The van der Waals surface area contributed by atoms with Gasteiger partial charge in [0.1, 0.15) is 5.82 Å². The van der Waals surface area contributed by atoms with Crippen LogP contribution in [-0.2, 0) is 20.7 Å². The van der Waals surface area contributed by atoms with Crippen molar-refractivity contribution in [2.75, 3.05) is 20.7 Å². The van der Waals surface area contributed by atoms with E-state index in [9.17, 15) is 14.0 Å². The summed E-state index contributed by atoms with van der Waals surface area (Å²) in [6, 6.07) is 4.51. The zero-order valence-electron chi connectivity index (χ0n) is 13.6. The average molecular weight is 320 g/mol. The molecule has 0 spiro atoms. The molecule has 0 aliphatic heterocycles. The lowest BCUT2D eigenvalue weighted by Crippen LogP contribution is -2.29. The first-order valence-electron chi connectivity index (χ1n) is 7.50. The molecule has 1 aromatic heterocycles. The second kappa shape index (κ2) is 7.26. The number of aromatic nitrogens is 1. The fourth-order valence-electron chi connectivity index (χ4n) is 2.56. The van der Waals surface area contributed by atoms with E-state index in [0.717, 1.165) is 22.2 Å². The number of aromatic amines is 1. The maximum absolute atomic E-state index is 13.4. The number of benzene rings is 1. The number of hydrogen-bond donors (Lipinski definition) is 1. The van der Waals surface area contributed by atoms with E-state index in [1.54, 1.807) is 18.0 Å². The van der Waals surface area contributed by atoms with Gasteiger partial charge in [0, 0.05) is 36.6 Å². The fourth-order valence-corrected chi connectivity index (χ4v) is 2.56. The van der Waals surface area contributed by atoms with Crippen LogP contribution in [0.25, 0.3) is 10.9 Å². The molecule has 0 saturated carbocycles. The predicted molar refractivity (Wildman–Crippen MR) is 85.6 cm³/mol. The first-order valence-corrected chi connectivity index (χ1v) is 7.50. The minimum atomic E-state index is -0.323. The van der Waals surface area contributed by atoms with Crippen molar-refractivity contribution in [3.8, 4) is 0 Å². The molecule has 1 amide bonds. The second-order valence-corrected chi connectivity index (χ2v) is 5.59. The molecular weight excluding hydrogens is 299 g/mol. The molecule has 1 N–H and O–H groups in total. The first-order chi connectivity index (χ1) is 10.9. The molecule has 2 aromatic rings. The third-order valence-corrected chi connectivity index (χ3v) is 3.94. The summed E-state index contributed by atoms with van der Waals surface area (Å²) in [6.45, 7) is 2.35. The number of aryl methyl sites for hydroxylation is 1. The third-order valence-electron chi connectivity index (χ3n) is 3.94. The molecule has 0 fully saturated rings. The minimum Gasteiger partial charge on any atom is -0.469 e. The number of ether oxygens (including phenoxy) is 1. The molecule has 23 heavy (non-hydrogen) atoms. The lowest BCUT2D eigenvalue weighted by molar-refractivity contribution is -0.141. The number of methoxy groups -OCH3 is 1. The van der Waals surface area contributed by atoms with Crippen LogP contribution in [-0.4, -0.2) is 42.5 Å². The second-order valence-electron chi connectivity index (χ2n) is 5.59. The number of amides is 1. The van der Waals surface area contributed by atoms with Crippen molar-refractivity contribution in [1.82, 2.24) is 9.88 Å². The molecule has 6 heteroatoms. The number of nitrogens with one attached hydrogen (secondary N) is 1. The van der Waals surface area contributed by atoms with Gasteiger partial charge in [0.2, 0.25) is 5.91 Å². The van der Waals surface area contributed by atoms with Gasteiger partial charge in [-0.25, -0.2) is 4.39 Å².